The molecule has 1 heterocycles. The zero-order valence-corrected chi connectivity index (χ0v) is 15.5. The van der Waals surface area contributed by atoms with Crippen LogP contribution in [0, 0.1) is 0 Å². The van der Waals surface area contributed by atoms with Crippen molar-refractivity contribution in [1.82, 2.24) is 0 Å². The number of benzene rings is 1. The molecule has 0 aliphatic rings. The first-order valence-corrected chi connectivity index (χ1v) is 8.51. The van der Waals surface area contributed by atoms with Gasteiger partial charge >= 0.3 is 6.18 Å². The van der Waals surface area contributed by atoms with E-state index in [4.69, 9.17) is 0 Å². The number of nitrogens with one attached hydrogen (secondary N) is 1. The molecule has 0 bridgehead atoms. The molecule has 2 rings (SSSR count). The highest BCUT2D eigenvalue weighted by Gasteiger charge is 2.33. The molecule has 1 N–H and O–H groups in total. The van der Waals surface area contributed by atoms with E-state index in [0.717, 1.165) is 9.85 Å². The lowest BCUT2D eigenvalue weighted by Gasteiger charge is -2.11. The molecule has 1 aromatic carbocycles. The van der Waals surface area contributed by atoms with Gasteiger partial charge < -0.3 is 5.32 Å². The molecular weight excluding hydrogens is 503 g/mol. The third-order valence-electron chi connectivity index (χ3n) is 2.40. The molecule has 9 heteroatoms. The van der Waals surface area contributed by atoms with Crippen LogP contribution < -0.4 is 5.32 Å². The van der Waals surface area contributed by atoms with Crippen LogP contribution in [0.15, 0.2) is 37.0 Å². The Bertz CT molecular complexity index is 680. The van der Waals surface area contributed by atoms with Crippen LogP contribution in [-0.4, -0.2) is 5.91 Å². The van der Waals surface area contributed by atoms with E-state index in [1.807, 2.05) is 0 Å². The van der Waals surface area contributed by atoms with Crippen LogP contribution in [0.25, 0.3) is 0 Å². The Morgan fingerprint density at radius 1 is 1.10 bits per heavy atom. The van der Waals surface area contributed by atoms with Crippen molar-refractivity contribution in [2.75, 3.05) is 5.32 Å². The predicted molar refractivity (Wildman–Crippen MR) is 86.8 cm³/mol. The van der Waals surface area contributed by atoms with Crippen LogP contribution in [0.1, 0.15) is 15.2 Å². The van der Waals surface area contributed by atoms with Crippen LogP contribution >= 0.6 is 59.1 Å². The molecule has 1 aromatic heterocycles. The lowest BCUT2D eigenvalue weighted by molar-refractivity contribution is -0.138. The molecule has 0 aliphatic heterocycles. The number of thiophene rings is 1. The van der Waals surface area contributed by atoms with E-state index in [-0.39, 0.29) is 10.2 Å². The highest BCUT2D eigenvalue weighted by molar-refractivity contribution is 9.13. The second-order valence-corrected chi connectivity index (χ2v) is 7.96. The first-order chi connectivity index (χ1) is 9.68. The van der Waals surface area contributed by atoms with Crippen LogP contribution in [0.5, 0.6) is 0 Å². The predicted octanol–water partition coefficient (Wildman–Crippen LogP) is 6.31. The summed E-state index contributed by atoms with van der Waals surface area (Å²) in [5, 5.41) is 2.45. The summed E-state index contributed by atoms with van der Waals surface area (Å²) in [4.78, 5) is 12.4. The molecule has 2 aromatic rings. The maximum Gasteiger partial charge on any atom is 0.417 e. The molecule has 0 saturated heterocycles. The fourth-order valence-corrected chi connectivity index (χ4v) is 3.87. The maximum absolute atomic E-state index is 12.8. The Hall–Kier alpha value is -0.380. The average molecular weight is 508 g/mol. The van der Waals surface area contributed by atoms with E-state index in [0.29, 0.717) is 9.35 Å². The zero-order valence-electron chi connectivity index (χ0n) is 9.89. The first kappa shape index (κ1) is 17.0. The number of amides is 1. The summed E-state index contributed by atoms with van der Waals surface area (Å²) in [6.07, 6.45) is -4.49. The molecule has 21 heavy (non-hydrogen) atoms. The van der Waals surface area contributed by atoms with E-state index in [9.17, 15) is 18.0 Å². The standard InChI is InChI=1S/C12H5Br3F3NOS/c13-7-2-1-5(3-6(7)12(16,17)18)19-11(20)9-4-8(14)10(15)21-9/h1-4H,(H,19,20). The van der Waals surface area contributed by atoms with E-state index in [2.05, 4.69) is 53.1 Å². The van der Waals surface area contributed by atoms with E-state index in [1.165, 1.54) is 23.5 Å². The lowest BCUT2D eigenvalue weighted by atomic mass is 10.2. The Morgan fingerprint density at radius 3 is 2.29 bits per heavy atom. The number of alkyl halides is 3. The molecule has 0 radical (unpaired) electrons. The summed E-state index contributed by atoms with van der Waals surface area (Å²) >= 11 is 10.5. The highest BCUT2D eigenvalue weighted by atomic mass is 79.9. The van der Waals surface area contributed by atoms with Crippen molar-refractivity contribution in [3.8, 4) is 0 Å². The van der Waals surface area contributed by atoms with Crippen molar-refractivity contribution in [2.45, 2.75) is 6.18 Å². The SMILES string of the molecule is O=C(Nc1ccc(Br)c(C(F)(F)F)c1)c1cc(Br)c(Br)s1. The molecule has 112 valence electrons. The Morgan fingerprint density at radius 2 is 1.76 bits per heavy atom. The Kier molecular flexibility index (Phi) is 5.17. The summed E-state index contributed by atoms with van der Waals surface area (Å²) < 4.78 is 39.8. The summed E-state index contributed by atoms with van der Waals surface area (Å²) in [7, 11) is 0. The molecule has 0 spiro atoms. The summed E-state index contributed by atoms with van der Waals surface area (Å²) in [6, 6.07) is 5.13. The molecule has 0 fully saturated rings. The first-order valence-electron chi connectivity index (χ1n) is 5.31. The summed E-state index contributed by atoms with van der Waals surface area (Å²) in [6.45, 7) is 0. The normalized spacial score (nSPS) is 11.5. The number of carbonyl (C=O) groups is 1. The Balaban J connectivity index is 2.26. The van der Waals surface area contributed by atoms with Crippen molar-refractivity contribution in [3.05, 3.63) is 47.4 Å². The van der Waals surface area contributed by atoms with Gasteiger partial charge in [-0.15, -0.1) is 11.3 Å². The van der Waals surface area contributed by atoms with Crippen LogP contribution in [-0.2, 0) is 6.18 Å². The van der Waals surface area contributed by atoms with Crippen LogP contribution in [0.3, 0.4) is 0 Å². The van der Waals surface area contributed by atoms with E-state index >= 15 is 0 Å². The van der Waals surface area contributed by atoms with Gasteiger partial charge in [-0.1, -0.05) is 15.9 Å². The van der Waals surface area contributed by atoms with Gasteiger partial charge in [0.15, 0.2) is 0 Å². The quantitative estimate of drug-likeness (QED) is 0.507. The molecule has 2 nitrogen and oxygen atoms in total. The number of rotatable bonds is 2. The second kappa shape index (κ2) is 6.39. The van der Waals surface area contributed by atoms with Crippen molar-refractivity contribution < 1.29 is 18.0 Å². The zero-order chi connectivity index (χ0) is 15.8. The number of anilines is 1. The smallest absolute Gasteiger partial charge is 0.321 e. The second-order valence-electron chi connectivity index (χ2n) is 3.88. The van der Waals surface area contributed by atoms with Crippen molar-refractivity contribution >= 4 is 70.7 Å². The number of hydrogen-bond acceptors (Lipinski definition) is 2. The number of carbonyl (C=O) groups excluding carboxylic acids is 1. The number of halogens is 6. The van der Waals surface area contributed by atoms with Gasteiger partial charge in [0.1, 0.15) is 0 Å². The summed E-state index contributed by atoms with van der Waals surface area (Å²) in [5.74, 6) is -0.471. The van der Waals surface area contributed by atoms with Crippen molar-refractivity contribution in [3.63, 3.8) is 0 Å². The van der Waals surface area contributed by atoms with Gasteiger partial charge in [0, 0.05) is 14.6 Å². The van der Waals surface area contributed by atoms with Crippen molar-refractivity contribution in [1.29, 1.82) is 0 Å². The number of hydrogen-bond donors (Lipinski definition) is 1. The molecule has 0 unspecified atom stereocenters. The molecule has 0 aliphatic carbocycles. The maximum atomic E-state index is 12.8. The van der Waals surface area contributed by atoms with Gasteiger partial charge in [0.2, 0.25) is 0 Å². The third kappa shape index (κ3) is 4.08. The van der Waals surface area contributed by atoms with Gasteiger partial charge in [-0.3, -0.25) is 4.79 Å². The molecule has 0 saturated carbocycles. The minimum absolute atomic E-state index is 0.0744. The fourth-order valence-electron chi connectivity index (χ4n) is 1.47. The molecular formula is C12H5Br3F3NOS. The summed E-state index contributed by atoms with van der Waals surface area (Å²) in [5.41, 5.74) is -0.759. The van der Waals surface area contributed by atoms with Gasteiger partial charge in [0.25, 0.3) is 5.91 Å². The van der Waals surface area contributed by atoms with Gasteiger partial charge in [-0.2, -0.15) is 13.2 Å². The fraction of sp³-hybridized carbons (Fsp3) is 0.0833. The monoisotopic (exact) mass is 505 g/mol. The lowest BCUT2D eigenvalue weighted by Crippen LogP contribution is -2.12. The molecule has 0 atom stereocenters. The Labute approximate surface area is 147 Å². The van der Waals surface area contributed by atoms with Gasteiger partial charge in [0.05, 0.1) is 14.2 Å². The largest absolute Gasteiger partial charge is 0.417 e. The van der Waals surface area contributed by atoms with Crippen LogP contribution in [0.2, 0.25) is 0 Å². The van der Waals surface area contributed by atoms with E-state index in [1.54, 1.807) is 6.07 Å². The molecule has 1 amide bonds. The van der Waals surface area contributed by atoms with Gasteiger partial charge in [-0.05, 0) is 56.1 Å². The van der Waals surface area contributed by atoms with Crippen molar-refractivity contribution in [2.24, 2.45) is 0 Å². The van der Waals surface area contributed by atoms with Crippen LogP contribution in [0.4, 0.5) is 18.9 Å². The average Bonchev–Trinajstić information content (AvgIpc) is 2.71. The minimum atomic E-state index is -4.49. The van der Waals surface area contributed by atoms with E-state index < -0.39 is 17.6 Å². The van der Waals surface area contributed by atoms with Gasteiger partial charge in [-0.25, -0.2) is 0 Å². The topological polar surface area (TPSA) is 29.1 Å². The third-order valence-corrected chi connectivity index (χ3v) is 6.35. The highest BCUT2D eigenvalue weighted by Crippen LogP contribution is 2.37. The minimum Gasteiger partial charge on any atom is -0.321 e.